The number of benzene rings is 1. The van der Waals surface area contributed by atoms with Crippen LogP contribution in [0.4, 0.5) is 8.78 Å². The number of halogens is 3. The van der Waals surface area contributed by atoms with Gasteiger partial charge in [-0.15, -0.1) is 21.8 Å². The van der Waals surface area contributed by atoms with E-state index < -0.39 is 11.6 Å². The van der Waals surface area contributed by atoms with Gasteiger partial charge in [-0.1, -0.05) is 6.07 Å². The van der Waals surface area contributed by atoms with Gasteiger partial charge in [-0.2, -0.15) is 0 Å². The highest BCUT2D eigenvalue weighted by Gasteiger charge is 2.14. The lowest BCUT2D eigenvalue weighted by molar-refractivity contribution is 0.567. The Hall–Kier alpha value is -1.49. The molecule has 0 aliphatic heterocycles. The number of rotatable bonds is 2. The zero-order chi connectivity index (χ0) is 10.8. The molecule has 0 N–H and O–H groups in total. The van der Waals surface area contributed by atoms with Crippen LogP contribution in [0.3, 0.4) is 0 Å². The van der Waals surface area contributed by atoms with Crippen molar-refractivity contribution in [2.45, 2.75) is 5.88 Å². The SMILES string of the molecule is Fc1cccc(F)c1-n1cnnc1CCl. The van der Waals surface area contributed by atoms with Crippen LogP contribution >= 0.6 is 11.6 Å². The Labute approximate surface area is 89.3 Å². The molecular formula is C9H6ClF2N3. The zero-order valence-corrected chi connectivity index (χ0v) is 8.25. The number of aromatic nitrogens is 3. The fourth-order valence-corrected chi connectivity index (χ4v) is 1.44. The first-order valence-electron chi connectivity index (χ1n) is 4.13. The molecule has 0 atom stereocenters. The van der Waals surface area contributed by atoms with Crippen LogP contribution in [0.2, 0.25) is 0 Å². The molecule has 0 saturated carbocycles. The average Bonchev–Trinajstić information content (AvgIpc) is 2.65. The summed E-state index contributed by atoms with van der Waals surface area (Å²) in [4.78, 5) is 0. The van der Waals surface area contributed by atoms with Crippen molar-refractivity contribution in [2.24, 2.45) is 0 Å². The Morgan fingerprint density at radius 2 is 1.93 bits per heavy atom. The lowest BCUT2D eigenvalue weighted by atomic mass is 10.3. The largest absolute Gasteiger partial charge is 0.279 e. The molecule has 2 aromatic rings. The predicted molar refractivity (Wildman–Crippen MR) is 50.8 cm³/mol. The molecule has 0 aliphatic carbocycles. The number of nitrogens with zero attached hydrogens (tertiary/aromatic N) is 3. The maximum Gasteiger partial charge on any atom is 0.152 e. The van der Waals surface area contributed by atoms with Crippen molar-refractivity contribution in [3.05, 3.63) is 42.0 Å². The van der Waals surface area contributed by atoms with Gasteiger partial charge in [-0.05, 0) is 12.1 Å². The van der Waals surface area contributed by atoms with E-state index in [9.17, 15) is 8.78 Å². The quantitative estimate of drug-likeness (QED) is 0.740. The van der Waals surface area contributed by atoms with Crippen molar-refractivity contribution >= 4 is 11.6 Å². The van der Waals surface area contributed by atoms with Crippen LogP contribution in [-0.2, 0) is 5.88 Å². The predicted octanol–water partition coefficient (Wildman–Crippen LogP) is 2.28. The first-order chi connectivity index (χ1) is 7.24. The fourth-order valence-electron chi connectivity index (χ4n) is 1.26. The van der Waals surface area contributed by atoms with Crippen molar-refractivity contribution in [1.82, 2.24) is 14.8 Å². The molecule has 1 aromatic heterocycles. The van der Waals surface area contributed by atoms with E-state index in [-0.39, 0.29) is 11.6 Å². The molecule has 0 fully saturated rings. The second kappa shape index (κ2) is 3.94. The molecule has 0 saturated heterocycles. The van der Waals surface area contributed by atoms with Gasteiger partial charge >= 0.3 is 0 Å². The Bertz CT molecular complexity index is 464. The number of hydrogen-bond donors (Lipinski definition) is 0. The van der Waals surface area contributed by atoms with Gasteiger partial charge in [-0.3, -0.25) is 4.57 Å². The smallest absolute Gasteiger partial charge is 0.152 e. The fraction of sp³-hybridized carbons (Fsp3) is 0.111. The van der Waals surface area contributed by atoms with Crippen molar-refractivity contribution < 1.29 is 8.78 Å². The Balaban J connectivity index is 2.63. The Morgan fingerprint density at radius 3 is 2.53 bits per heavy atom. The molecule has 15 heavy (non-hydrogen) atoms. The molecule has 0 radical (unpaired) electrons. The maximum absolute atomic E-state index is 13.4. The summed E-state index contributed by atoms with van der Waals surface area (Å²) in [5.74, 6) is -1.03. The minimum Gasteiger partial charge on any atom is -0.279 e. The van der Waals surface area contributed by atoms with Crippen molar-refractivity contribution in [3.8, 4) is 5.69 Å². The summed E-state index contributed by atoms with van der Waals surface area (Å²) in [6.07, 6.45) is 1.22. The second-order valence-corrected chi connectivity index (χ2v) is 3.09. The Kier molecular flexibility index (Phi) is 2.64. The molecule has 1 heterocycles. The highest BCUT2D eigenvalue weighted by atomic mass is 35.5. The highest BCUT2D eigenvalue weighted by Crippen LogP contribution is 2.18. The summed E-state index contributed by atoms with van der Waals surface area (Å²) >= 11 is 5.56. The van der Waals surface area contributed by atoms with Crippen LogP contribution in [0.15, 0.2) is 24.5 Å². The summed E-state index contributed by atoms with van der Waals surface area (Å²) in [5, 5.41) is 7.19. The van der Waals surface area contributed by atoms with Gasteiger partial charge < -0.3 is 0 Å². The first-order valence-corrected chi connectivity index (χ1v) is 4.66. The molecule has 0 bridgehead atoms. The lowest BCUT2D eigenvalue weighted by Crippen LogP contribution is -2.03. The molecule has 0 spiro atoms. The van der Waals surface area contributed by atoms with E-state index in [1.165, 1.54) is 17.0 Å². The van der Waals surface area contributed by atoms with Crippen molar-refractivity contribution in [3.63, 3.8) is 0 Å². The van der Waals surface area contributed by atoms with E-state index >= 15 is 0 Å². The first kappa shape index (κ1) is 10.0. The third-order valence-corrected chi connectivity index (χ3v) is 2.16. The Morgan fingerprint density at radius 1 is 1.27 bits per heavy atom. The number of alkyl halides is 1. The van der Waals surface area contributed by atoms with Crippen molar-refractivity contribution in [1.29, 1.82) is 0 Å². The van der Waals surface area contributed by atoms with Crippen LogP contribution < -0.4 is 0 Å². The standard InChI is InChI=1S/C9H6ClF2N3/c10-4-8-14-13-5-15(8)9-6(11)2-1-3-7(9)12/h1-3,5H,4H2. The summed E-state index contributed by atoms with van der Waals surface area (Å²) in [5.41, 5.74) is -0.210. The summed E-state index contributed by atoms with van der Waals surface area (Å²) < 4.78 is 27.9. The van der Waals surface area contributed by atoms with Gasteiger partial charge in [0.15, 0.2) is 5.82 Å². The summed E-state index contributed by atoms with van der Waals surface area (Å²) in [6.45, 7) is 0. The third-order valence-electron chi connectivity index (χ3n) is 1.92. The van der Waals surface area contributed by atoms with Gasteiger partial charge in [-0.25, -0.2) is 8.78 Å². The van der Waals surface area contributed by atoms with Gasteiger partial charge in [0.1, 0.15) is 23.6 Å². The molecule has 3 nitrogen and oxygen atoms in total. The number of para-hydroxylation sites is 1. The average molecular weight is 230 g/mol. The van der Waals surface area contributed by atoms with Crippen LogP contribution in [0.1, 0.15) is 5.82 Å². The van der Waals surface area contributed by atoms with E-state index in [0.717, 1.165) is 12.1 Å². The molecule has 0 aliphatic rings. The minimum absolute atomic E-state index is 0.0355. The summed E-state index contributed by atoms with van der Waals surface area (Å²) in [7, 11) is 0. The number of hydrogen-bond acceptors (Lipinski definition) is 2. The van der Waals surface area contributed by atoms with Gasteiger partial charge in [0.25, 0.3) is 0 Å². The van der Waals surface area contributed by atoms with E-state index in [4.69, 9.17) is 11.6 Å². The van der Waals surface area contributed by atoms with Gasteiger partial charge in [0.2, 0.25) is 0 Å². The second-order valence-electron chi connectivity index (χ2n) is 2.82. The van der Waals surface area contributed by atoms with Crippen LogP contribution in [0.25, 0.3) is 5.69 Å². The molecule has 0 unspecified atom stereocenters. The zero-order valence-electron chi connectivity index (χ0n) is 7.49. The highest BCUT2D eigenvalue weighted by molar-refractivity contribution is 6.16. The monoisotopic (exact) mass is 229 g/mol. The topological polar surface area (TPSA) is 30.7 Å². The molecule has 1 aromatic carbocycles. The van der Waals surface area contributed by atoms with E-state index in [1.54, 1.807) is 0 Å². The van der Waals surface area contributed by atoms with E-state index in [2.05, 4.69) is 10.2 Å². The molecule has 78 valence electrons. The third kappa shape index (κ3) is 1.70. The van der Waals surface area contributed by atoms with Gasteiger partial charge in [0.05, 0.1) is 5.88 Å². The van der Waals surface area contributed by atoms with E-state index in [1.807, 2.05) is 0 Å². The van der Waals surface area contributed by atoms with Crippen LogP contribution in [0.5, 0.6) is 0 Å². The normalized spacial score (nSPS) is 10.6. The summed E-state index contributed by atoms with van der Waals surface area (Å²) in [6, 6.07) is 3.62. The molecule has 0 amide bonds. The van der Waals surface area contributed by atoms with Gasteiger partial charge in [0, 0.05) is 0 Å². The molecule has 2 rings (SSSR count). The van der Waals surface area contributed by atoms with Crippen LogP contribution in [0, 0.1) is 11.6 Å². The minimum atomic E-state index is -0.679. The van der Waals surface area contributed by atoms with E-state index in [0.29, 0.717) is 5.82 Å². The van der Waals surface area contributed by atoms with Crippen LogP contribution in [-0.4, -0.2) is 14.8 Å². The lowest BCUT2D eigenvalue weighted by Gasteiger charge is -2.06. The molecular weight excluding hydrogens is 224 g/mol. The maximum atomic E-state index is 13.4. The van der Waals surface area contributed by atoms with Crippen molar-refractivity contribution in [2.75, 3.05) is 0 Å². The molecule has 6 heteroatoms.